The summed E-state index contributed by atoms with van der Waals surface area (Å²) < 4.78 is 28.2. The zero-order valence-corrected chi connectivity index (χ0v) is 23.5. The molecule has 0 saturated carbocycles. The molecule has 1 aromatic heterocycles. The van der Waals surface area contributed by atoms with Crippen LogP contribution in [-0.2, 0) is 24.4 Å². The molecule has 40 heavy (non-hydrogen) atoms. The molecule has 214 valence electrons. The molecule has 5 rings (SSSR count). The van der Waals surface area contributed by atoms with Gasteiger partial charge >= 0.3 is 0 Å². The van der Waals surface area contributed by atoms with Gasteiger partial charge in [-0.2, -0.15) is 5.10 Å². The van der Waals surface area contributed by atoms with Crippen LogP contribution in [0.5, 0.6) is 17.2 Å². The first-order valence-electron chi connectivity index (χ1n) is 13.8. The van der Waals surface area contributed by atoms with Crippen LogP contribution in [0, 0.1) is 12.7 Å². The fourth-order valence-corrected chi connectivity index (χ4v) is 4.75. The number of fused-ring (bicyclic) bond motifs is 13. The third-order valence-corrected chi connectivity index (χ3v) is 7.03. The Morgan fingerprint density at radius 2 is 1.93 bits per heavy atom. The van der Waals surface area contributed by atoms with Gasteiger partial charge in [0.25, 0.3) is 5.91 Å². The van der Waals surface area contributed by atoms with E-state index in [-0.39, 0.29) is 29.7 Å². The first kappa shape index (κ1) is 29.1. The number of carbonyl (C=O) groups excluding carboxylic acids is 2. The predicted molar refractivity (Wildman–Crippen MR) is 150 cm³/mol. The zero-order valence-electron chi connectivity index (χ0n) is 23.5. The van der Waals surface area contributed by atoms with E-state index in [1.54, 1.807) is 30.3 Å². The lowest BCUT2D eigenvalue weighted by atomic mass is 10.1. The first-order valence-corrected chi connectivity index (χ1v) is 13.8. The summed E-state index contributed by atoms with van der Waals surface area (Å²) in [5.74, 6) is 0.0847. The predicted octanol–water partition coefficient (Wildman–Crippen LogP) is 4.57. The van der Waals surface area contributed by atoms with E-state index in [1.807, 2.05) is 10.9 Å². The molecule has 0 unspecified atom stereocenters. The van der Waals surface area contributed by atoms with Gasteiger partial charge in [-0.05, 0) is 63.1 Å². The highest BCUT2D eigenvalue weighted by Crippen LogP contribution is 2.34. The summed E-state index contributed by atoms with van der Waals surface area (Å²) in [6.07, 6.45) is 4.62. The van der Waals surface area contributed by atoms with E-state index in [9.17, 15) is 14.0 Å². The molecule has 2 aromatic carbocycles. The van der Waals surface area contributed by atoms with Crippen molar-refractivity contribution >= 4 is 11.8 Å². The van der Waals surface area contributed by atoms with Crippen LogP contribution in [0.2, 0.25) is 0 Å². The molecule has 2 aliphatic rings. The van der Waals surface area contributed by atoms with E-state index >= 15 is 0 Å². The fourth-order valence-electron chi connectivity index (χ4n) is 4.75. The van der Waals surface area contributed by atoms with Crippen LogP contribution < -0.4 is 20.1 Å². The van der Waals surface area contributed by atoms with Crippen LogP contribution in [0.25, 0.3) is 0 Å². The molecule has 2 aliphatic heterocycles. The number of nitrogens with zero attached hydrogens (tertiary/aromatic N) is 3. The molecule has 10 heteroatoms. The molecule has 3 heterocycles. The Morgan fingerprint density at radius 1 is 1.10 bits per heavy atom. The average molecular weight is 552 g/mol. The van der Waals surface area contributed by atoms with Gasteiger partial charge < -0.3 is 20.1 Å². The minimum absolute atomic E-state index is 0.0107. The van der Waals surface area contributed by atoms with E-state index in [0.29, 0.717) is 49.5 Å². The summed E-state index contributed by atoms with van der Waals surface area (Å²) in [7, 11) is 1.48. The second-order valence-corrected chi connectivity index (χ2v) is 9.93. The Bertz CT molecular complexity index is 1330. The van der Waals surface area contributed by atoms with E-state index in [0.717, 1.165) is 37.2 Å². The van der Waals surface area contributed by atoms with Crippen LogP contribution in [0.1, 0.15) is 59.8 Å². The quantitative estimate of drug-likeness (QED) is 0.482. The van der Waals surface area contributed by atoms with Crippen LogP contribution in [0.3, 0.4) is 0 Å². The van der Waals surface area contributed by atoms with Crippen molar-refractivity contribution < 1.29 is 23.5 Å². The number of hydrogen-bond donors (Lipinski definition) is 2. The molecule has 0 aliphatic carbocycles. The van der Waals surface area contributed by atoms with Gasteiger partial charge in [-0.3, -0.25) is 19.2 Å². The summed E-state index contributed by atoms with van der Waals surface area (Å²) in [5.41, 5.74) is 2.96. The Kier molecular flexibility index (Phi) is 10.1. The number of carbonyl (C=O) groups is 2. The number of rotatable bonds is 5. The largest absolute Gasteiger partial charge is 0.493 e. The Labute approximate surface area is 234 Å². The van der Waals surface area contributed by atoms with Gasteiger partial charge in [0.1, 0.15) is 11.6 Å². The van der Waals surface area contributed by atoms with Gasteiger partial charge in [-0.15, -0.1) is 0 Å². The lowest BCUT2D eigenvalue weighted by molar-refractivity contribution is -0.121. The number of nitrogens with one attached hydrogen (secondary N) is 2. The van der Waals surface area contributed by atoms with Crippen molar-refractivity contribution in [1.29, 1.82) is 0 Å². The van der Waals surface area contributed by atoms with Crippen molar-refractivity contribution in [2.45, 2.75) is 59.2 Å². The standard InChI is InChI=1S/C30H38FN5O4/c1-4-14-36-21(2)23(18-34-36)20-35-15-6-10-29(37)33-19-24-25(31)8-5-9-26(24)40-27-12-11-22(17-28(27)39-3)30(38)32-13-7-16-35/h5,8-9,11-12,17-18H,4,6-7,10,13-16,19-20H2,1-3H3,(H,32,38)(H,33,37). The lowest BCUT2D eigenvalue weighted by Crippen LogP contribution is -2.31. The van der Waals surface area contributed by atoms with Crippen molar-refractivity contribution in [2.24, 2.45) is 0 Å². The molecule has 9 nitrogen and oxygen atoms in total. The summed E-state index contributed by atoms with van der Waals surface area (Å²) in [6, 6.07) is 9.38. The molecule has 3 aromatic rings. The molecule has 0 radical (unpaired) electrons. The number of aryl methyl sites for hydroxylation is 1. The van der Waals surface area contributed by atoms with Crippen LogP contribution in [0.15, 0.2) is 42.6 Å². The molecule has 2 N–H and O–H groups in total. The van der Waals surface area contributed by atoms with E-state index in [4.69, 9.17) is 9.47 Å². The molecular weight excluding hydrogens is 513 g/mol. The van der Waals surface area contributed by atoms with Crippen LogP contribution in [0.4, 0.5) is 4.39 Å². The SMILES string of the molecule is CCCn1ncc(CN2CCCNC(=O)c3ccc(c(OC)c3)Oc3cccc(F)c3CNC(=O)CCC2)c1C. The molecular formula is C30H38FN5O4. The van der Waals surface area contributed by atoms with E-state index in [1.165, 1.54) is 13.2 Å². The summed E-state index contributed by atoms with van der Waals surface area (Å²) in [6.45, 7) is 7.72. The maximum atomic E-state index is 14.8. The normalized spacial score (nSPS) is 15.7. The highest BCUT2D eigenvalue weighted by atomic mass is 19.1. The van der Waals surface area contributed by atoms with Crippen molar-refractivity contribution in [3.05, 3.63) is 70.8 Å². The zero-order chi connectivity index (χ0) is 28.5. The second kappa shape index (κ2) is 13.9. The number of benzene rings is 2. The van der Waals surface area contributed by atoms with E-state index in [2.05, 4.69) is 34.5 Å². The highest BCUT2D eigenvalue weighted by molar-refractivity contribution is 5.94. The fraction of sp³-hybridized carbons (Fsp3) is 0.433. The minimum Gasteiger partial charge on any atom is -0.493 e. The monoisotopic (exact) mass is 551 g/mol. The molecule has 2 amide bonds. The third-order valence-electron chi connectivity index (χ3n) is 7.03. The summed E-state index contributed by atoms with van der Waals surface area (Å²) >= 11 is 0. The molecule has 0 saturated heterocycles. The number of amides is 2. The lowest BCUT2D eigenvalue weighted by Gasteiger charge is -2.22. The Hall–Kier alpha value is -3.92. The summed E-state index contributed by atoms with van der Waals surface area (Å²) in [4.78, 5) is 27.8. The molecule has 2 bridgehead atoms. The second-order valence-electron chi connectivity index (χ2n) is 9.93. The first-order chi connectivity index (χ1) is 19.4. The van der Waals surface area contributed by atoms with Gasteiger partial charge in [0, 0.05) is 61.5 Å². The van der Waals surface area contributed by atoms with Crippen molar-refractivity contribution in [2.75, 3.05) is 26.7 Å². The third kappa shape index (κ3) is 7.38. The van der Waals surface area contributed by atoms with Gasteiger partial charge in [-0.1, -0.05) is 13.0 Å². The van der Waals surface area contributed by atoms with E-state index < -0.39 is 5.82 Å². The van der Waals surface area contributed by atoms with Crippen LogP contribution >= 0.6 is 0 Å². The molecule has 0 fully saturated rings. The number of hydrogen-bond acceptors (Lipinski definition) is 6. The maximum Gasteiger partial charge on any atom is 0.251 e. The number of halogens is 1. The Balaban J connectivity index is 1.54. The van der Waals surface area contributed by atoms with Crippen molar-refractivity contribution in [1.82, 2.24) is 25.3 Å². The molecule has 0 atom stereocenters. The minimum atomic E-state index is -0.483. The summed E-state index contributed by atoms with van der Waals surface area (Å²) in [5, 5.41) is 10.3. The number of ether oxygens (including phenoxy) is 2. The maximum absolute atomic E-state index is 14.8. The van der Waals surface area contributed by atoms with Gasteiger partial charge in [-0.25, -0.2) is 4.39 Å². The average Bonchev–Trinajstić information content (AvgIpc) is 3.28. The van der Waals surface area contributed by atoms with Gasteiger partial charge in [0.2, 0.25) is 5.91 Å². The van der Waals surface area contributed by atoms with Gasteiger partial charge in [0.15, 0.2) is 11.5 Å². The topological polar surface area (TPSA) is 97.7 Å². The van der Waals surface area contributed by atoms with Crippen LogP contribution in [-0.4, -0.2) is 53.2 Å². The smallest absolute Gasteiger partial charge is 0.251 e. The van der Waals surface area contributed by atoms with Crippen molar-refractivity contribution in [3.63, 3.8) is 0 Å². The Morgan fingerprint density at radius 3 is 2.73 bits per heavy atom. The van der Waals surface area contributed by atoms with Crippen molar-refractivity contribution in [3.8, 4) is 17.2 Å². The highest BCUT2D eigenvalue weighted by Gasteiger charge is 2.18. The molecule has 0 spiro atoms. The number of methoxy groups -OCH3 is 1. The number of aromatic nitrogens is 2. The van der Waals surface area contributed by atoms with Gasteiger partial charge in [0.05, 0.1) is 13.3 Å².